The highest BCUT2D eigenvalue weighted by molar-refractivity contribution is 5.74. The van der Waals surface area contributed by atoms with Crippen LogP contribution in [-0.2, 0) is 26.2 Å². The minimum Gasteiger partial charge on any atom is -0.335 e. The Kier molecular flexibility index (Phi) is 5.48. The summed E-state index contributed by atoms with van der Waals surface area (Å²) in [5.41, 5.74) is 0.906. The van der Waals surface area contributed by atoms with Crippen molar-refractivity contribution in [1.82, 2.24) is 20.4 Å². The van der Waals surface area contributed by atoms with Gasteiger partial charge in [-0.1, -0.05) is 12.1 Å². The second-order valence-electron chi connectivity index (χ2n) is 5.57. The minimum absolute atomic E-state index is 0.215. The SMILES string of the molecule is C[C@@H](Cc1ccc(C(F)(F)F)cc1)NC(=O)NCc1ccnn1C. The Morgan fingerprint density at radius 3 is 2.46 bits per heavy atom. The Hall–Kier alpha value is -2.51. The molecule has 0 aliphatic heterocycles. The molecule has 0 saturated carbocycles. The van der Waals surface area contributed by atoms with Crippen LogP contribution in [0.1, 0.15) is 23.7 Å². The Bertz CT molecular complexity index is 679. The molecule has 2 amide bonds. The van der Waals surface area contributed by atoms with Gasteiger partial charge in [-0.2, -0.15) is 18.3 Å². The third-order valence-electron chi connectivity index (χ3n) is 3.55. The largest absolute Gasteiger partial charge is 0.416 e. The van der Waals surface area contributed by atoms with Crippen LogP contribution in [0.4, 0.5) is 18.0 Å². The van der Waals surface area contributed by atoms with Crippen LogP contribution in [0.3, 0.4) is 0 Å². The molecular weight excluding hydrogens is 321 g/mol. The Morgan fingerprint density at radius 2 is 1.92 bits per heavy atom. The normalized spacial score (nSPS) is 12.7. The smallest absolute Gasteiger partial charge is 0.335 e. The number of amides is 2. The van der Waals surface area contributed by atoms with E-state index in [0.717, 1.165) is 23.4 Å². The van der Waals surface area contributed by atoms with Crippen molar-refractivity contribution in [3.63, 3.8) is 0 Å². The maximum Gasteiger partial charge on any atom is 0.416 e. The van der Waals surface area contributed by atoms with Gasteiger partial charge >= 0.3 is 12.2 Å². The fraction of sp³-hybridized carbons (Fsp3) is 0.375. The lowest BCUT2D eigenvalue weighted by Crippen LogP contribution is -2.41. The summed E-state index contributed by atoms with van der Waals surface area (Å²) < 4.78 is 39.2. The molecule has 1 aromatic carbocycles. The van der Waals surface area contributed by atoms with E-state index in [1.807, 2.05) is 0 Å². The summed E-state index contributed by atoms with van der Waals surface area (Å²) in [5, 5.41) is 9.47. The van der Waals surface area contributed by atoms with Crippen LogP contribution in [0.25, 0.3) is 0 Å². The summed E-state index contributed by atoms with van der Waals surface area (Å²) >= 11 is 0. The Labute approximate surface area is 137 Å². The zero-order valence-corrected chi connectivity index (χ0v) is 13.4. The van der Waals surface area contributed by atoms with E-state index in [9.17, 15) is 18.0 Å². The summed E-state index contributed by atoms with van der Waals surface area (Å²) in [7, 11) is 1.78. The summed E-state index contributed by atoms with van der Waals surface area (Å²) in [6.45, 7) is 2.14. The van der Waals surface area contributed by atoms with Gasteiger partial charge in [-0.05, 0) is 37.1 Å². The molecule has 2 aromatic rings. The van der Waals surface area contributed by atoms with Crippen LogP contribution in [0.5, 0.6) is 0 Å². The van der Waals surface area contributed by atoms with Crippen LogP contribution >= 0.6 is 0 Å². The van der Waals surface area contributed by atoms with E-state index in [0.29, 0.717) is 13.0 Å². The molecule has 1 heterocycles. The van der Waals surface area contributed by atoms with Gasteiger partial charge < -0.3 is 10.6 Å². The number of benzene rings is 1. The van der Waals surface area contributed by atoms with E-state index >= 15 is 0 Å². The summed E-state index contributed by atoms with van der Waals surface area (Å²) in [4.78, 5) is 11.8. The van der Waals surface area contributed by atoms with Gasteiger partial charge in [-0.3, -0.25) is 4.68 Å². The van der Waals surface area contributed by atoms with Crippen LogP contribution in [0.2, 0.25) is 0 Å². The highest BCUT2D eigenvalue weighted by Crippen LogP contribution is 2.29. The molecule has 24 heavy (non-hydrogen) atoms. The van der Waals surface area contributed by atoms with Gasteiger partial charge in [-0.15, -0.1) is 0 Å². The quantitative estimate of drug-likeness (QED) is 0.879. The maximum atomic E-state index is 12.5. The minimum atomic E-state index is -4.34. The lowest BCUT2D eigenvalue weighted by atomic mass is 10.1. The molecule has 5 nitrogen and oxygen atoms in total. The van der Waals surface area contributed by atoms with Gasteiger partial charge in [0.2, 0.25) is 0 Å². The first-order chi connectivity index (χ1) is 11.3. The summed E-state index contributed by atoms with van der Waals surface area (Å²) in [5.74, 6) is 0. The fourth-order valence-corrected chi connectivity index (χ4v) is 2.25. The van der Waals surface area contributed by atoms with E-state index in [1.165, 1.54) is 12.1 Å². The molecule has 0 unspecified atom stereocenters. The van der Waals surface area contributed by atoms with Crippen molar-refractivity contribution < 1.29 is 18.0 Å². The number of nitrogens with one attached hydrogen (secondary N) is 2. The Morgan fingerprint density at radius 1 is 1.25 bits per heavy atom. The van der Waals surface area contributed by atoms with E-state index < -0.39 is 11.7 Å². The van der Waals surface area contributed by atoms with Crippen molar-refractivity contribution in [3.8, 4) is 0 Å². The molecule has 1 atom stereocenters. The number of hydrogen-bond donors (Lipinski definition) is 2. The zero-order chi connectivity index (χ0) is 17.7. The van der Waals surface area contributed by atoms with Gasteiger partial charge in [0.15, 0.2) is 0 Å². The average Bonchev–Trinajstić information content (AvgIpc) is 2.90. The molecule has 8 heteroatoms. The van der Waals surface area contributed by atoms with Gasteiger partial charge in [0.25, 0.3) is 0 Å². The first-order valence-electron chi connectivity index (χ1n) is 7.43. The van der Waals surface area contributed by atoms with Crippen molar-refractivity contribution in [2.75, 3.05) is 0 Å². The van der Waals surface area contributed by atoms with E-state index in [1.54, 1.807) is 30.9 Å². The third kappa shape index (κ3) is 5.00. The number of alkyl halides is 3. The molecule has 2 N–H and O–H groups in total. The first-order valence-corrected chi connectivity index (χ1v) is 7.43. The van der Waals surface area contributed by atoms with E-state index in [2.05, 4.69) is 15.7 Å². The van der Waals surface area contributed by atoms with Crippen molar-refractivity contribution in [3.05, 3.63) is 53.3 Å². The number of aromatic nitrogens is 2. The number of carbonyl (C=O) groups excluding carboxylic acids is 1. The molecular formula is C16H19F3N4O. The van der Waals surface area contributed by atoms with Crippen molar-refractivity contribution >= 4 is 6.03 Å². The molecule has 0 bridgehead atoms. The molecule has 0 saturated heterocycles. The molecule has 130 valence electrons. The van der Waals surface area contributed by atoms with Gasteiger partial charge in [0, 0.05) is 19.3 Å². The fourth-order valence-electron chi connectivity index (χ4n) is 2.25. The molecule has 0 spiro atoms. The van der Waals surface area contributed by atoms with Gasteiger partial charge in [-0.25, -0.2) is 4.79 Å². The number of halogens is 3. The van der Waals surface area contributed by atoms with Crippen molar-refractivity contribution in [2.24, 2.45) is 7.05 Å². The number of nitrogens with zero attached hydrogens (tertiary/aromatic N) is 2. The van der Waals surface area contributed by atoms with Crippen LogP contribution in [0.15, 0.2) is 36.5 Å². The molecule has 0 aliphatic carbocycles. The summed E-state index contributed by atoms with van der Waals surface area (Å²) in [6.07, 6.45) is -2.26. The zero-order valence-electron chi connectivity index (χ0n) is 13.4. The average molecular weight is 340 g/mol. The molecule has 0 aliphatic rings. The number of hydrogen-bond acceptors (Lipinski definition) is 2. The highest BCUT2D eigenvalue weighted by atomic mass is 19.4. The van der Waals surface area contributed by atoms with Gasteiger partial charge in [0.1, 0.15) is 0 Å². The second kappa shape index (κ2) is 7.37. The first kappa shape index (κ1) is 17.8. The number of aryl methyl sites for hydroxylation is 1. The second-order valence-corrected chi connectivity index (χ2v) is 5.57. The lowest BCUT2D eigenvalue weighted by Gasteiger charge is -2.15. The van der Waals surface area contributed by atoms with Crippen molar-refractivity contribution in [2.45, 2.75) is 32.1 Å². The predicted molar refractivity (Wildman–Crippen MR) is 83.2 cm³/mol. The van der Waals surface area contributed by atoms with Crippen molar-refractivity contribution in [1.29, 1.82) is 0 Å². The van der Waals surface area contributed by atoms with Crippen LogP contribution in [0, 0.1) is 0 Å². The van der Waals surface area contributed by atoms with Crippen LogP contribution in [-0.4, -0.2) is 21.9 Å². The van der Waals surface area contributed by atoms with Crippen LogP contribution < -0.4 is 10.6 Å². The molecule has 2 rings (SSSR count). The van der Waals surface area contributed by atoms with Gasteiger partial charge in [0.05, 0.1) is 17.8 Å². The molecule has 1 aromatic heterocycles. The monoisotopic (exact) mass is 340 g/mol. The number of urea groups is 1. The standard InChI is InChI=1S/C16H19F3N4O/c1-11(9-12-3-5-13(6-4-12)16(17,18)19)22-15(24)20-10-14-7-8-21-23(14)2/h3-8,11H,9-10H2,1-2H3,(H2,20,22,24)/t11-/m0/s1. The Balaban J connectivity index is 1.81. The number of carbonyl (C=O) groups is 1. The molecule has 0 fully saturated rings. The van der Waals surface area contributed by atoms with E-state index in [4.69, 9.17) is 0 Å². The number of rotatable bonds is 5. The maximum absolute atomic E-state index is 12.5. The molecule has 0 radical (unpaired) electrons. The topological polar surface area (TPSA) is 59.0 Å². The predicted octanol–water partition coefficient (Wildman–Crippen LogP) is 2.87. The third-order valence-corrected chi connectivity index (χ3v) is 3.55. The lowest BCUT2D eigenvalue weighted by molar-refractivity contribution is -0.137. The highest BCUT2D eigenvalue weighted by Gasteiger charge is 2.29. The summed E-state index contributed by atoms with van der Waals surface area (Å²) in [6, 6.07) is 6.19. The van der Waals surface area contributed by atoms with E-state index in [-0.39, 0.29) is 12.1 Å².